The van der Waals surface area contributed by atoms with Gasteiger partial charge in [0.25, 0.3) is 0 Å². The molecule has 0 amide bonds. The van der Waals surface area contributed by atoms with Crippen molar-refractivity contribution in [1.82, 2.24) is 0 Å². The number of aliphatic hydroxyl groups excluding tert-OH is 2. The zero-order chi connectivity index (χ0) is 27.0. The predicted octanol–water partition coefficient (Wildman–Crippen LogP) is 7.92. The van der Waals surface area contributed by atoms with Gasteiger partial charge in [-0.2, -0.15) is 0 Å². The normalized spacial score (nSPS) is 32.5. The monoisotopic (exact) mass is 526 g/mol. The average Bonchev–Trinajstić information content (AvgIpc) is 2.96. The molecule has 0 aromatic carbocycles. The van der Waals surface area contributed by atoms with Gasteiger partial charge in [-0.25, -0.2) is 0 Å². The van der Waals surface area contributed by atoms with E-state index in [1.165, 1.54) is 96.3 Å². The van der Waals surface area contributed by atoms with E-state index in [1.54, 1.807) is 0 Å². The van der Waals surface area contributed by atoms with Gasteiger partial charge in [0.2, 0.25) is 0 Å². The minimum atomic E-state index is -0.756. The van der Waals surface area contributed by atoms with Gasteiger partial charge in [-0.3, -0.25) is 0 Å². The van der Waals surface area contributed by atoms with Crippen molar-refractivity contribution in [3.05, 3.63) is 0 Å². The van der Waals surface area contributed by atoms with E-state index in [0.717, 1.165) is 31.6 Å². The molecule has 0 bridgehead atoms. The first kappa shape index (κ1) is 31.5. The number of rotatable bonds is 12. The maximum absolute atomic E-state index is 9.49. The molecule has 3 fully saturated rings. The number of hydrogen-bond acceptors (Lipinski definition) is 3. The van der Waals surface area contributed by atoms with E-state index in [2.05, 4.69) is 37.5 Å². The molecule has 0 aromatic rings. The van der Waals surface area contributed by atoms with Gasteiger partial charge in [0.05, 0.1) is 19.3 Å². The molecule has 38 heavy (non-hydrogen) atoms. The van der Waals surface area contributed by atoms with Crippen LogP contribution in [0.2, 0.25) is 0 Å². The minimum absolute atomic E-state index is 0.210. The summed E-state index contributed by atoms with van der Waals surface area (Å²) in [7, 11) is 0. The number of aliphatic hydroxyl groups is 2. The van der Waals surface area contributed by atoms with Gasteiger partial charge in [-0.15, -0.1) is 0 Å². The van der Waals surface area contributed by atoms with Gasteiger partial charge in [0, 0.05) is 23.7 Å². The van der Waals surface area contributed by atoms with Crippen molar-refractivity contribution in [1.29, 1.82) is 0 Å². The van der Waals surface area contributed by atoms with Gasteiger partial charge in [-0.1, -0.05) is 88.9 Å². The van der Waals surface area contributed by atoms with E-state index in [9.17, 15) is 5.11 Å². The summed E-state index contributed by atoms with van der Waals surface area (Å²) in [6, 6.07) is 0. The van der Waals surface area contributed by atoms with Crippen molar-refractivity contribution >= 4 is 0 Å². The van der Waals surface area contributed by atoms with Crippen molar-refractivity contribution in [3.8, 4) is 23.7 Å². The van der Waals surface area contributed by atoms with Crippen LogP contribution in [0.3, 0.4) is 0 Å². The molecule has 3 aliphatic carbocycles. The zero-order valence-electron chi connectivity index (χ0n) is 24.8. The third-order valence-corrected chi connectivity index (χ3v) is 9.69. The minimum Gasteiger partial charge on any atom is -0.394 e. The van der Waals surface area contributed by atoms with E-state index >= 15 is 0 Å². The molecular weight excluding hydrogens is 468 g/mol. The Morgan fingerprint density at radius 1 is 0.711 bits per heavy atom. The number of ether oxygens (including phenoxy) is 1. The van der Waals surface area contributed by atoms with Gasteiger partial charge < -0.3 is 14.9 Å². The smallest absolute Gasteiger partial charge is 0.100 e. The summed E-state index contributed by atoms with van der Waals surface area (Å²) in [5, 5.41) is 18.4. The summed E-state index contributed by atoms with van der Waals surface area (Å²) in [5.74, 6) is 18.8. The lowest BCUT2D eigenvalue weighted by molar-refractivity contribution is -0.0420. The van der Waals surface area contributed by atoms with Gasteiger partial charge >= 0.3 is 0 Å². The molecule has 2 N–H and O–H groups in total. The van der Waals surface area contributed by atoms with Crippen LogP contribution in [0, 0.1) is 59.2 Å². The maximum Gasteiger partial charge on any atom is 0.100 e. The van der Waals surface area contributed by atoms with Crippen LogP contribution >= 0.6 is 0 Å². The molecule has 3 aliphatic rings. The summed E-state index contributed by atoms with van der Waals surface area (Å²) >= 11 is 0. The predicted molar refractivity (Wildman–Crippen MR) is 158 cm³/mol. The Labute approximate surface area is 235 Å². The molecule has 3 rings (SSSR count). The first-order valence-electron chi connectivity index (χ1n) is 16.5. The quantitative estimate of drug-likeness (QED) is 0.201. The summed E-state index contributed by atoms with van der Waals surface area (Å²) in [5.41, 5.74) is 0. The molecule has 0 saturated heterocycles. The van der Waals surface area contributed by atoms with Crippen LogP contribution in [0.15, 0.2) is 0 Å². The highest BCUT2D eigenvalue weighted by Crippen LogP contribution is 2.37. The second-order valence-corrected chi connectivity index (χ2v) is 12.8. The molecule has 216 valence electrons. The highest BCUT2D eigenvalue weighted by molar-refractivity contribution is 5.14. The molecular formula is C35H58O3. The Kier molecular flexibility index (Phi) is 15.2. The fourth-order valence-electron chi connectivity index (χ4n) is 6.98. The first-order chi connectivity index (χ1) is 18.6. The highest BCUT2D eigenvalue weighted by Gasteiger charge is 2.28. The second kappa shape index (κ2) is 18.4. The van der Waals surface area contributed by atoms with Crippen molar-refractivity contribution in [2.24, 2.45) is 35.5 Å². The Balaban J connectivity index is 1.33. The van der Waals surface area contributed by atoms with Gasteiger partial charge in [0.1, 0.15) is 6.10 Å². The maximum atomic E-state index is 9.49. The lowest BCUT2D eigenvalue weighted by Crippen LogP contribution is -2.27. The van der Waals surface area contributed by atoms with Gasteiger partial charge in [0.15, 0.2) is 0 Å². The molecule has 3 nitrogen and oxygen atoms in total. The summed E-state index contributed by atoms with van der Waals surface area (Å²) in [6.45, 7) is 4.64. The number of unbranched alkanes of at least 4 members (excludes halogenated alkanes) is 5. The van der Waals surface area contributed by atoms with Crippen LogP contribution in [0.5, 0.6) is 0 Å². The van der Waals surface area contributed by atoms with Crippen LogP contribution < -0.4 is 0 Å². The molecule has 3 saturated carbocycles. The Morgan fingerprint density at radius 2 is 1.32 bits per heavy atom. The van der Waals surface area contributed by atoms with E-state index in [0.29, 0.717) is 29.6 Å². The highest BCUT2D eigenvalue weighted by atomic mass is 16.5. The van der Waals surface area contributed by atoms with Crippen LogP contribution in [0.1, 0.15) is 136 Å². The molecule has 4 atom stereocenters. The van der Waals surface area contributed by atoms with E-state index < -0.39 is 6.10 Å². The average molecular weight is 527 g/mol. The lowest BCUT2D eigenvalue weighted by Gasteiger charge is -2.31. The summed E-state index contributed by atoms with van der Waals surface area (Å²) in [6.07, 6.45) is 24.0. The van der Waals surface area contributed by atoms with Crippen molar-refractivity contribution in [2.45, 2.75) is 148 Å². The standard InChI is InChI=1S/C35H58O3/c1-3-5-6-7-8-9-10-28-11-13-29(14-12-28)15-16-31-18-22-33(32(4-2)25-31)21-17-30-19-23-35(24-20-30)38-27-34(37)26-36/h28-37H,3-14,18-20,22-27H2,1-2H3. The third-order valence-electron chi connectivity index (χ3n) is 9.69. The third kappa shape index (κ3) is 11.6. The molecule has 0 spiro atoms. The van der Waals surface area contributed by atoms with Crippen LogP contribution in [-0.2, 0) is 4.74 Å². The fraction of sp³-hybridized carbons (Fsp3) is 0.886. The topological polar surface area (TPSA) is 49.7 Å². The molecule has 3 heteroatoms. The molecule has 4 unspecified atom stereocenters. The molecule has 0 aromatic heterocycles. The van der Waals surface area contributed by atoms with Crippen molar-refractivity contribution in [3.63, 3.8) is 0 Å². The van der Waals surface area contributed by atoms with Crippen LogP contribution in [0.25, 0.3) is 0 Å². The molecule has 0 heterocycles. The van der Waals surface area contributed by atoms with Crippen LogP contribution in [0.4, 0.5) is 0 Å². The zero-order valence-corrected chi connectivity index (χ0v) is 24.8. The van der Waals surface area contributed by atoms with Gasteiger partial charge in [-0.05, 0) is 82.5 Å². The molecule has 0 aliphatic heterocycles. The SMILES string of the molecule is CCCCCCCCC1CCC(C#CC2CCC(C#CC3CCC(OCC(O)CO)CC3)C(CC)C2)CC1. The summed E-state index contributed by atoms with van der Waals surface area (Å²) < 4.78 is 5.76. The summed E-state index contributed by atoms with van der Waals surface area (Å²) in [4.78, 5) is 0. The fourth-order valence-corrected chi connectivity index (χ4v) is 6.98. The lowest BCUT2D eigenvalue weighted by atomic mass is 9.72. The van der Waals surface area contributed by atoms with Crippen molar-refractivity contribution in [2.75, 3.05) is 13.2 Å². The Hall–Kier alpha value is -1.00. The van der Waals surface area contributed by atoms with E-state index in [4.69, 9.17) is 9.84 Å². The van der Waals surface area contributed by atoms with E-state index in [1.807, 2.05) is 0 Å². The molecule has 0 radical (unpaired) electrons. The first-order valence-corrected chi connectivity index (χ1v) is 16.5. The Bertz CT molecular complexity index is 739. The number of hydrogen-bond donors (Lipinski definition) is 2. The van der Waals surface area contributed by atoms with Crippen molar-refractivity contribution < 1.29 is 14.9 Å². The van der Waals surface area contributed by atoms with Crippen LogP contribution in [-0.4, -0.2) is 35.6 Å². The largest absolute Gasteiger partial charge is 0.394 e. The Morgan fingerprint density at radius 3 is 2.00 bits per heavy atom. The van der Waals surface area contributed by atoms with E-state index in [-0.39, 0.29) is 19.3 Å². The second-order valence-electron chi connectivity index (χ2n) is 12.8.